The third-order valence-corrected chi connectivity index (χ3v) is 5.21. The Morgan fingerprint density at radius 3 is 2.67 bits per heavy atom. The Labute approximate surface area is 144 Å². The van der Waals surface area contributed by atoms with Gasteiger partial charge in [0.05, 0.1) is 5.69 Å². The minimum atomic E-state index is -0.221. The number of hydrogen-bond donors (Lipinski definition) is 0. The molecule has 0 N–H and O–H groups in total. The van der Waals surface area contributed by atoms with Crippen molar-refractivity contribution in [1.29, 1.82) is 0 Å². The zero-order valence-electron chi connectivity index (χ0n) is 13.3. The number of rotatable bonds is 3. The molecule has 0 saturated heterocycles. The van der Waals surface area contributed by atoms with Gasteiger partial charge in [0.2, 0.25) is 0 Å². The Hall–Kier alpha value is -2.11. The van der Waals surface area contributed by atoms with E-state index < -0.39 is 0 Å². The first-order valence-corrected chi connectivity index (χ1v) is 9.06. The maximum absolute atomic E-state index is 13.2. The van der Waals surface area contributed by atoms with E-state index in [2.05, 4.69) is 31.7 Å². The van der Waals surface area contributed by atoms with E-state index in [0.717, 1.165) is 49.4 Å². The van der Waals surface area contributed by atoms with Gasteiger partial charge in [-0.3, -0.25) is 4.90 Å². The lowest BCUT2D eigenvalue weighted by molar-refractivity contribution is 0.279. The van der Waals surface area contributed by atoms with Crippen molar-refractivity contribution in [2.45, 2.75) is 19.4 Å². The highest BCUT2D eigenvalue weighted by molar-refractivity contribution is 7.07. The van der Waals surface area contributed by atoms with E-state index in [0.29, 0.717) is 0 Å². The first-order chi connectivity index (χ1) is 11.8. The van der Waals surface area contributed by atoms with Crippen LogP contribution >= 0.6 is 11.3 Å². The van der Waals surface area contributed by atoms with Crippen molar-refractivity contribution in [1.82, 2.24) is 14.9 Å². The number of thiophene rings is 1. The van der Waals surface area contributed by atoms with Crippen molar-refractivity contribution < 1.29 is 4.39 Å². The van der Waals surface area contributed by atoms with Gasteiger partial charge in [0.15, 0.2) is 0 Å². The zero-order chi connectivity index (χ0) is 16.4. The van der Waals surface area contributed by atoms with E-state index in [9.17, 15) is 4.39 Å². The van der Waals surface area contributed by atoms with Gasteiger partial charge in [0.25, 0.3) is 0 Å². The predicted octanol–water partition coefficient (Wildman–Crippen LogP) is 3.95. The highest BCUT2D eigenvalue weighted by Gasteiger charge is 2.19. The van der Waals surface area contributed by atoms with Crippen LogP contribution < -0.4 is 0 Å². The van der Waals surface area contributed by atoms with Gasteiger partial charge in [-0.1, -0.05) is 0 Å². The van der Waals surface area contributed by atoms with Crippen molar-refractivity contribution in [3.63, 3.8) is 0 Å². The summed E-state index contributed by atoms with van der Waals surface area (Å²) in [7, 11) is 0. The lowest BCUT2D eigenvalue weighted by Gasteiger charge is -2.18. The fraction of sp³-hybridized carbons (Fsp3) is 0.263. The molecule has 24 heavy (non-hydrogen) atoms. The van der Waals surface area contributed by atoms with E-state index in [4.69, 9.17) is 0 Å². The molecule has 0 aliphatic carbocycles. The molecule has 4 rings (SSSR count). The van der Waals surface area contributed by atoms with Crippen molar-refractivity contribution in [3.8, 4) is 11.3 Å². The molecule has 122 valence electrons. The molecule has 0 unspecified atom stereocenters. The summed E-state index contributed by atoms with van der Waals surface area (Å²) in [6.07, 6.45) is 3.48. The summed E-state index contributed by atoms with van der Waals surface area (Å²) in [5, 5.41) is 4.34. The van der Waals surface area contributed by atoms with Gasteiger partial charge in [0.1, 0.15) is 12.1 Å². The molecule has 0 spiro atoms. The van der Waals surface area contributed by atoms with Crippen LogP contribution in [0.15, 0.2) is 47.4 Å². The molecule has 0 bridgehead atoms. The zero-order valence-corrected chi connectivity index (χ0v) is 14.1. The van der Waals surface area contributed by atoms with Gasteiger partial charge in [-0.2, -0.15) is 11.3 Å². The summed E-state index contributed by atoms with van der Waals surface area (Å²) < 4.78 is 13.2. The topological polar surface area (TPSA) is 29.0 Å². The SMILES string of the molecule is Fc1ccc(-c2ncnc3c2CCN(Cc2ccsc2)CC3)cc1. The summed E-state index contributed by atoms with van der Waals surface area (Å²) in [4.78, 5) is 11.5. The Balaban J connectivity index is 1.59. The van der Waals surface area contributed by atoms with Gasteiger partial charge in [-0.25, -0.2) is 14.4 Å². The Morgan fingerprint density at radius 2 is 1.88 bits per heavy atom. The second kappa shape index (κ2) is 6.79. The molecule has 0 radical (unpaired) electrons. The van der Waals surface area contributed by atoms with Gasteiger partial charge in [-0.15, -0.1) is 0 Å². The maximum atomic E-state index is 13.2. The van der Waals surface area contributed by atoms with Gasteiger partial charge < -0.3 is 0 Å². The van der Waals surface area contributed by atoms with Crippen molar-refractivity contribution in [2.24, 2.45) is 0 Å². The first-order valence-electron chi connectivity index (χ1n) is 8.12. The Morgan fingerprint density at radius 1 is 1.04 bits per heavy atom. The number of halogens is 1. The lowest BCUT2D eigenvalue weighted by Crippen LogP contribution is -2.25. The molecule has 1 aromatic carbocycles. The summed E-state index contributed by atoms with van der Waals surface area (Å²) in [6.45, 7) is 2.98. The molecule has 3 aromatic rings. The fourth-order valence-electron chi connectivity index (χ4n) is 3.23. The van der Waals surface area contributed by atoms with Crippen LogP contribution in [0.1, 0.15) is 16.8 Å². The van der Waals surface area contributed by atoms with E-state index >= 15 is 0 Å². The number of aromatic nitrogens is 2. The number of nitrogens with zero attached hydrogens (tertiary/aromatic N) is 3. The average Bonchev–Trinajstić information content (AvgIpc) is 3.02. The van der Waals surface area contributed by atoms with E-state index in [1.165, 1.54) is 23.3 Å². The fourth-order valence-corrected chi connectivity index (χ4v) is 3.89. The summed E-state index contributed by atoms with van der Waals surface area (Å²) in [5.41, 5.74) is 5.60. The van der Waals surface area contributed by atoms with Crippen LogP contribution in [0.2, 0.25) is 0 Å². The summed E-state index contributed by atoms with van der Waals surface area (Å²) >= 11 is 1.74. The molecular formula is C19H18FN3S. The monoisotopic (exact) mass is 339 g/mol. The molecule has 0 saturated carbocycles. The summed E-state index contributed by atoms with van der Waals surface area (Å²) in [6, 6.07) is 8.76. The smallest absolute Gasteiger partial charge is 0.123 e. The molecule has 1 aliphatic heterocycles. The van der Waals surface area contributed by atoms with Crippen LogP contribution in [0.4, 0.5) is 4.39 Å². The second-order valence-corrected chi connectivity index (χ2v) is 6.84. The lowest BCUT2D eigenvalue weighted by atomic mass is 10.0. The second-order valence-electron chi connectivity index (χ2n) is 6.06. The van der Waals surface area contributed by atoms with Gasteiger partial charge >= 0.3 is 0 Å². The minimum absolute atomic E-state index is 0.221. The van der Waals surface area contributed by atoms with E-state index in [1.807, 2.05) is 0 Å². The third kappa shape index (κ3) is 3.23. The number of fused-ring (bicyclic) bond motifs is 1. The number of benzene rings is 1. The van der Waals surface area contributed by atoms with E-state index in [1.54, 1.807) is 29.8 Å². The molecule has 5 heteroatoms. The molecule has 3 nitrogen and oxygen atoms in total. The summed E-state index contributed by atoms with van der Waals surface area (Å²) in [5.74, 6) is -0.221. The average molecular weight is 339 g/mol. The predicted molar refractivity (Wildman–Crippen MR) is 94.4 cm³/mol. The molecule has 1 aliphatic rings. The van der Waals surface area contributed by atoms with Crippen LogP contribution in [-0.4, -0.2) is 28.0 Å². The number of hydrogen-bond acceptors (Lipinski definition) is 4. The third-order valence-electron chi connectivity index (χ3n) is 4.48. The van der Waals surface area contributed by atoms with Crippen LogP contribution in [0.3, 0.4) is 0 Å². The van der Waals surface area contributed by atoms with Gasteiger partial charge in [0, 0.05) is 42.9 Å². The molecular weight excluding hydrogens is 321 g/mol. The quantitative estimate of drug-likeness (QED) is 0.724. The maximum Gasteiger partial charge on any atom is 0.123 e. The largest absolute Gasteiger partial charge is 0.298 e. The normalized spacial score (nSPS) is 15.0. The molecule has 0 fully saturated rings. The van der Waals surface area contributed by atoms with Crippen molar-refractivity contribution in [3.05, 3.63) is 70.1 Å². The van der Waals surface area contributed by atoms with Crippen LogP contribution in [0.5, 0.6) is 0 Å². The van der Waals surface area contributed by atoms with Crippen molar-refractivity contribution >= 4 is 11.3 Å². The van der Waals surface area contributed by atoms with E-state index in [-0.39, 0.29) is 5.82 Å². The minimum Gasteiger partial charge on any atom is -0.298 e. The van der Waals surface area contributed by atoms with Gasteiger partial charge in [-0.05, 0) is 53.1 Å². The molecule has 3 heterocycles. The van der Waals surface area contributed by atoms with Crippen LogP contribution in [0, 0.1) is 5.82 Å². The molecule has 2 aromatic heterocycles. The van der Waals surface area contributed by atoms with Crippen LogP contribution in [-0.2, 0) is 19.4 Å². The molecule has 0 amide bonds. The van der Waals surface area contributed by atoms with Crippen molar-refractivity contribution in [2.75, 3.05) is 13.1 Å². The highest BCUT2D eigenvalue weighted by atomic mass is 32.1. The standard InChI is InChI=1S/C19H18FN3S/c20-16-3-1-15(2-4-16)19-17-5-8-23(11-14-7-10-24-12-14)9-6-18(17)21-13-22-19/h1-4,7,10,12-13H,5-6,8-9,11H2. The Bertz CT molecular complexity index is 815. The Kier molecular flexibility index (Phi) is 4.36. The first kappa shape index (κ1) is 15.4. The highest BCUT2D eigenvalue weighted by Crippen LogP contribution is 2.26. The molecule has 0 atom stereocenters. The van der Waals surface area contributed by atoms with Crippen LogP contribution in [0.25, 0.3) is 11.3 Å².